The van der Waals surface area contributed by atoms with Crippen LogP contribution in [0.25, 0.3) is 0 Å². The predicted molar refractivity (Wildman–Crippen MR) is 72.6 cm³/mol. The summed E-state index contributed by atoms with van der Waals surface area (Å²) in [5.74, 6) is -0.339. The average Bonchev–Trinajstić information content (AvgIpc) is 2.84. The number of methoxy groups -OCH3 is 1. The molecule has 1 N–H and O–H groups in total. The lowest BCUT2D eigenvalue weighted by atomic mass is 10.1. The molecule has 0 bridgehead atoms. The van der Waals surface area contributed by atoms with Crippen LogP contribution in [0.5, 0.6) is 0 Å². The highest BCUT2D eigenvalue weighted by molar-refractivity contribution is 7.10. The summed E-state index contributed by atoms with van der Waals surface area (Å²) in [6.45, 7) is 1.30. The number of hydrogen-bond acceptors (Lipinski definition) is 4. The Morgan fingerprint density at radius 2 is 1.95 bits per heavy atom. The Labute approximate surface area is 115 Å². The Balaban J connectivity index is 1.84. The lowest BCUT2D eigenvalue weighted by Gasteiger charge is -2.04. The molecule has 0 aliphatic carbocycles. The van der Waals surface area contributed by atoms with Crippen LogP contribution in [0, 0.1) is 5.13 Å². The maximum absolute atomic E-state index is 12.8. The SMILES string of the molecule is COC(=O)c1ccc(CNCc2ccc(F)s2)cc1. The molecule has 0 saturated carbocycles. The summed E-state index contributed by atoms with van der Waals surface area (Å²) in [6.07, 6.45) is 0. The van der Waals surface area contributed by atoms with Crippen molar-refractivity contribution in [1.82, 2.24) is 5.32 Å². The fourth-order valence-corrected chi connectivity index (χ4v) is 2.35. The number of hydrogen-bond donors (Lipinski definition) is 1. The number of carbonyl (C=O) groups is 1. The van der Waals surface area contributed by atoms with E-state index in [1.807, 2.05) is 12.1 Å². The van der Waals surface area contributed by atoms with Gasteiger partial charge >= 0.3 is 5.97 Å². The van der Waals surface area contributed by atoms with Gasteiger partial charge in [0.15, 0.2) is 5.13 Å². The van der Waals surface area contributed by atoms with Crippen molar-refractivity contribution in [2.24, 2.45) is 0 Å². The number of ether oxygens (including phenoxy) is 1. The molecule has 2 aromatic rings. The number of carbonyl (C=O) groups excluding carboxylic acids is 1. The topological polar surface area (TPSA) is 38.3 Å². The molecule has 100 valence electrons. The van der Waals surface area contributed by atoms with E-state index in [0.717, 1.165) is 21.8 Å². The number of halogens is 1. The molecular weight excluding hydrogens is 265 g/mol. The molecule has 19 heavy (non-hydrogen) atoms. The van der Waals surface area contributed by atoms with Gasteiger partial charge in [0.2, 0.25) is 0 Å². The first kappa shape index (κ1) is 13.7. The molecule has 0 amide bonds. The van der Waals surface area contributed by atoms with Gasteiger partial charge in [-0.2, -0.15) is 4.39 Å². The minimum Gasteiger partial charge on any atom is -0.465 e. The third-order valence-electron chi connectivity index (χ3n) is 2.63. The van der Waals surface area contributed by atoms with Crippen molar-refractivity contribution in [3.05, 3.63) is 57.5 Å². The fourth-order valence-electron chi connectivity index (χ4n) is 1.65. The third-order valence-corrected chi connectivity index (χ3v) is 3.51. The molecule has 3 nitrogen and oxygen atoms in total. The standard InChI is InChI=1S/C14H14FNO2S/c1-18-14(17)11-4-2-10(3-5-11)8-16-9-12-6-7-13(15)19-12/h2-7,16H,8-9H2,1H3. The van der Waals surface area contributed by atoms with Crippen molar-refractivity contribution < 1.29 is 13.9 Å². The normalized spacial score (nSPS) is 10.4. The molecule has 2 rings (SSSR count). The molecule has 0 atom stereocenters. The maximum atomic E-state index is 12.8. The number of thiophene rings is 1. The minimum atomic E-state index is -0.339. The van der Waals surface area contributed by atoms with Crippen molar-refractivity contribution in [3.8, 4) is 0 Å². The lowest BCUT2D eigenvalue weighted by Crippen LogP contribution is -2.12. The van der Waals surface area contributed by atoms with Crippen molar-refractivity contribution in [2.75, 3.05) is 7.11 Å². The molecule has 0 aliphatic rings. The van der Waals surface area contributed by atoms with Gasteiger partial charge < -0.3 is 10.1 Å². The molecule has 0 saturated heterocycles. The van der Waals surface area contributed by atoms with E-state index in [0.29, 0.717) is 18.7 Å². The first-order valence-corrected chi connectivity index (χ1v) is 6.63. The lowest BCUT2D eigenvalue weighted by molar-refractivity contribution is 0.0600. The van der Waals surface area contributed by atoms with Crippen LogP contribution >= 0.6 is 11.3 Å². The highest BCUT2D eigenvalue weighted by Gasteiger charge is 2.04. The Hall–Kier alpha value is -1.72. The minimum absolute atomic E-state index is 0.167. The van der Waals surface area contributed by atoms with E-state index in [-0.39, 0.29) is 11.1 Å². The molecule has 1 heterocycles. The molecule has 1 aromatic carbocycles. The third kappa shape index (κ3) is 3.87. The quantitative estimate of drug-likeness (QED) is 0.855. The number of benzene rings is 1. The van der Waals surface area contributed by atoms with Gasteiger partial charge in [-0.05, 0) is 29.8 Å². The monoisotopic (exact) mass is 279 g/mol. The number of rotatable bonds is 5. The van der Waals surface area contributed by atoms with Gasteiger partial charge in [0, 0.05) is 18.0 Å². The highest BCUT2D eigenvalue weighted by Crippen LogP contribution is 2.14. The zero-order valence-corrected chi connectivity index (χ0v) is 11.3. The second-order valence-electron chi connectivity index (χ2n) is 4.00. The summed E-state index contributed by atoms with van der Waals surface area (Å²) < 4.78 is 17.4. The first-order chi connectivity index (χ1) is 9.19. The molecule has 5 heteroatoms. The van der Waals surface area contributed by atoms with E-state index in [4.69, 9.17) is 0 Å². The second-order valence-corrected chi connectivity index (χ2v) is 5.12. The van der Waals surface area contributed by atoms with Gasteiger partial charge in [-0.3, -0.25) is 0 Å². The molecule has 0 radical (unpaired) electrons. The van der Waals surface area contributed by atoms with Gasteiger partial charge in [0.25, 0.3) is 0 Å². The Bertz CT molecular complexity index is 551. The van der Waals surface area contributed by atoms with E-state index in [1.165, 1.54) is 13.2 Å². The smallest absolute Gasteiger partial charge is 0.337 e. The number of nitrogens with one attached hydrogen (secondary N) is 1. The van der Waals surface area contributed by atoms with E-state index < -0.39 is 0 Å². The molecular formula is C14H14FNO2S. The summed E-state index contributed by atoms with van der Waals surface area (Å²) in [5, 5.41) is 3.05. The summed E-state index contributed by atoms with van der Waals surface area (Å²) >= 11 is 1.14. The van der Waals surface area contributed by atoms with Crippen LogP contribution < -0.4 is 5.32 Å². The van der Waals surface area contributed by atoms with Crippen LogP contribution in [-0.2, 0) is 17.8 Å². The largest absolute Gasteiger partial charge is 0.465 e. The summed E-state index contributed by atoms with van der Waals surface area (Å²) in [5.41, 5.74) is 1.59. The molecule has 0 fully saturated rings. The van der Waals surface area contributed by atoms with Gasteiger partial charge in [-0.15, -0.1) is 11.3 Å². The maximum Gasteiger partial charge on any atom is 0.337 e. The van der Waals surface area contributed by atoms with Gasteiger partial charge in [-0.1, -0.05) is 12.1 Å². The van der Waals surface area contributed by atoms with Crippen LogP contribution in [0.1, 0.15) is 20.8 Å². The van der Waals surface area contributed by atoms with Crippen LogP contribution in [0.3, 0.4) is 0 Å². The molecule has 1 aromatic heterocycles. The highest BCUT2D eigenvalue weighted by atomic mass is 32.1. The molecule has 0 aliphatic heterocycles. The van der Waals surface area contributed by atoms with Crippen molar-refractivity contribution in [2.45, 2.75) is 13.1 Å². The van der Waals surface area contributed by atoms with Crippen LogP contribution in [0.2, 0.25) is 0 Å². The summed E-state index contributed by atoms with van der Waals surface area (Å²) in [7, 11) is 1.36. The van der Waals surface area contributed by atoms with E-state index in [1.54, 1.807) is 18.2 Å². The Kier molecular flexibility index (Phi) is 4.65. The van der Waals surface area contributed by atoms with E-state index >= 15 is 0 Å². The Morgan fingerprint density at radius 3 is 2.53 bits per heavy atom. The Morgan fingerprint density at radius 1 is 1.21 bits per heavy atom. The van der Waals surface area contributed by atoms with Crippen molar-refractivity contribution >= 4 is 17.3 Å². The zero-order chi connectivity index (χ0) is 13.7. The average molecular weight is 279 g/mol. The summed E-state index contributed by atoms with van der Waals surface area (Å²) in [6, 6.07) is 10.4. The van der Waals surface area contributed by atoms with Crippen LogP contribution in [0.15, 0.2) is 36.4 Å². The van der Waals surface area contributed by atoms with E-state index in [9.17, 15) is 9.18 Å². The second kappa shape index (κ2) is 6.45. The van der Waals surface area contributed by atoms with Crippen molar-refractivity contribution in [1.29, 1.82) is 0 Å². The predicted octanol–water partition coefficient (Wildman–Crippen LogP) is 2.96. The fraction of sp³-hybridized carbons (Fsp3) is 0.214. The van der Waals surface area contributed by atoms with Gasteiger partial charge in [-0.25, -0.2) is 4.79 Å². The van der Waals surface area contributed by atoms with Gasteiger partial charge in [0.1, 0.15) is 0 Å². The zero-order valence-electron chi connectivity index (χ0n) is 10.5. The van der Waals surface area contributed by atoms with Crippen molar-refractivity contribution in [3.63, 3.8) is 0 Å². The summed E-state index contributed by atoms with van der Waals surface area (Å²) in [4.78, 5) is 12.2. The first-order valence-electron chi connectivity index (χ1n) is 5.81. The van der Waals surface area contributed by atoms with Crippen LogP contribution in [-0.4, -0.2) is 13.1 Å². The number of esters is 1. The van der Waals surface area contributed by atoms with Crippen LogP contribution in [0.4, 0.5) is 4.39 Å². The molecule has 0 unspecified atom stereocenters. The van der Waals surface area contributed by atoms with E-state index in [2.05, 4.69) is 10.1 Å². The van der Waals surface area contributed by atoms with Gasteiger partial charge in [0.05, 0.1) is 12.7 Å². The molecule has 0 spiro atoms.